The highest BCUT2D eigenvalue weighted by atomic mass is 79.9. The summed E-state index contributed by atoms with van der Waals surface area (Å²) in [6, 6.07) is 4.99. The van der Waals surface area contributed by atoms with Crippen molar-refractivity contribution in [2.75, 3.05) is 0 Å². The number of nitrogens with one attached hydrogen (secondary N) is 1. The predicted molar refractivity (Wildman–Crippen MR) is 79.9 cm³/mol. The van der Waals surface area contributed by atoms with E-state index in [1.807, 2.05) is 6.07 Å². The third-order valence-corrected chi connectivity index (χ3v) is 5.05. The van der Waals surface area contributed by atoms with Crippen LogP contribution in [0.3, 0.4) is 0 Å². The number of benzene rings is 1. The molecule has 2 nitrogen and oxygen atoms in total. The number of hydrogen-bond donors (Lipinski definition) is 2. The summed E-state index contributed by atoms with van der Waals surface area (Å²) in [4.78, 5) is 0. The molecular weight excluding hydrogens is 307 g/mol. The maximum atomic E-state index is 14.1. The summed E-state index contributed by atoms with van der Waals surface area (Å²) in [7, 11) is 0. The second-order valence-corrected chi connectivity index (χ2v) is 6.33. The Hall–Kier alpha value is -0.450. The second-order valence-electron chi connectivity index (χ2n) is 5.48. The molecule has 0 radical (unpaired) electrons. The van der Waals surface area contributed by atoms with Gasteiger partial charge in [0, 0.05) is 10.0 Å². The molecule has 1 fully saturated rings. The highest BCUT2D eigenvalue weighted by Gasteiger charge is 2.30. The summed E-state index contributed by atoms with van der Waals surface area (Å²) in [5.41, 5.74) is 3.52. The molecule has 4 heteroatoms. The van der Waals surface area contributed by atoms with E-state index in [4.69, 9.17) is 5.84 Å². The highest BCUT2D eigenvalue weighted by Crippen LogP contribution is 2.40. The molecule has 19 heavy (non-hydrogen) atoms. The SMILES string of the molecule is CCC1CCCC(C(NN)c2c(F)cccc2Br)C1. The van der Waals surface area contributed by atoms with Gasteiger partial charge in [0.1, 0.15) is 5.82 Å². The number of halogens is 2. The number of nitrogens with two attached hydrogens (primary N) is 1. The van der Waals surface area contributed by atoms with Crippen LogP contribution < -0.4 is 11.3 Å². The summed E-state index contributed by atoms with van der Waals surface area (Å²) in [5, 5.41) is 0. The van der Waals surface area contributed by atoms with Crippen LogP contribution in [0.25, 0.3) is 0 Å². The summed E-state index contributed by atoms with van der Waals surface area (Å²) in [5.74, 6) is 6.70. The fourth-order valence-electron chi connectivity index (χ4n) is 3.27. The minimum absolute atomic E-state index is 0.107. The topological polar surface area (TPSA) is 38.0 Å². The zero-order valence-electron chi connectivity index (χ0n) is 11.3. The molecule has 0 heterocycles. The van der Waals surface area contributed by atoms with E-state index >= 15 is 0 Å². The van der Waals surface area contributed by atoms with Crippen LogP contribution in [-0.4, -0.2) is 0 Å². The van der Waals surface area contributed by atoms with E-state index in [1.165, 1.54) is 25.3 Å². The lowest BCUT2D eigenvalue weighted by Crippen LogP contribution is -2.36. The summed E-state index contributed by atoms with van der Waals surface area (Å²) in [6.07, 6.45) is 5.96. The molecular formula is C15H22BrFN2. The second kappa shape index (κ2) is 6.82. The first-order chi connectivity index (χ1) is 9.17. The summed E-state index contributed by atoms with van der Waals surface area (Å²) < 4.78 is 14.9. The van der Waals surface area contributed by atoms with Gasteiger partial charge < -0.3 is 0 Å². The molecule has 0 aliphatic heterocycles. The van der Waals surface area contributed by atoms with Crippen molar-refractivity contribution in [3.8, 4) is 0 Å². The van der Waals surface area contributed by atoms with Crippen molar-refractivity contribution in [2.45, 2.75) is 45.1 Å². The Morgan fingerprint density at radius 2 is 2.26 bits per heavy atom. The maximum absolute atomic E-state index is 14.1. The minimum atomic E-state index is -0.184. The third-order valence-electron chi connectivity index (χ3n) is 4.36. The fourth-order valence-corrected chi connectivity index (χ4v) is 3.86. The van der Waals surface area contributed by atoms with Gasteiger partial charge in [0.15, 0.2) is 0 Å². The van der Waals surface area contributed by atoms with Crippen molar-refractivity contribution in [1.82, 2.24) is 5.43 Å². The molecule has 1 aliphatic rings. The monoisotopic (exact) mass is 328 g/mol. The smallest absolute Gasteiger partial charge is 0.129 e. The molecule has 0 spiro atoms. The van der Waals surface area contributed by atoms with Crippen molar-refractivity contribution < 1.29 is 4.39 Å². The maximum Gasteiger partial charge on any atom is 0.129 e. The Balaban J connectivity index is 2.24. The molecule has 3 N–H and O–H groups in total. The van der Waals surface area contributed by atoms with Gasteiger partial charge in [-0.25, -0.2) is 4.39 Å². The average Bonchev–Trinajstić information content (AvgIpc) is 2.43. The van der Waals surface area contributed by atoms with Crippen molar-refractivity contribution in [3.63, 3.8) is 0 Å². The van der Waals surface area contributed by atoms with Gasteiger partial charge in [0.05, 0.1) is 6.04 Å². The molecule has 3 atom stereocenters. The van der Waals surface area contributed by atoms with Crippen LogP contribution in [0.2, 0.25) is 0 Å². The third kappa shape index (κ3) is 3.36. The van der Waals surface area contributed by atoms with Crippen molar-refractivity contribution in [3.05, 3.63) is 34.1 Å². The zero-order chi connectivity index (χ0) is 13.8. The summed E-state index contributed by atoms with van der Waals surface area (Å²) in [6.45, 7) is 2.23. The molecule has 1 saturated carbocycles. The van der Waals surface area contributed by atoms with E-state index in [9.17, 15) is 4.39 Å². The Kier molecular flexibility index (Phi) is 5.37. The molecule has 0 amide bonds. The molecule has 3 unspecified atom stereocenters. The van der Waals surface area contributed by atoms with Gasteiger partial charge in [-0.1, -0.05) is 48.2 Å². The first-order valence-corrected chi connectivity index (χ1v) is 7.86. The van der Waals surface area contributed by atoms with Crippen molar-refractivity contribution in [1.29, 1.82) is 0 Å². The number of hydrazine groups is 1. The highest BCUT2D eigenvalue weighted by molar-refractivity contribution is 9.10. The average molecular weight is 329 g/mol. The van der Waals surface area contributed by atoms with Gasteiger partial charge in [0.25, 0.3) is 0 Å². The van der Waals surface area contributed by atoms with E-state index in [-0.39, 0.29) is 11.9 Å². The van der Waals surface area contributed by atoms with E-state index < -0.39 is 0 Å². The fraction of sp³-hybridized carbons (Fsp3) is 0.600. The first-order valence-electron chi connectivity index (χ1n) is 7.07. The van der Waals surface area contributed by atoms with Gasteiger partial charge in [-0.15, -0.1) is 0 Å². The van der Waals surface area contributed by atoms with Crippen molar-refractivity contribution in [2.24, 2.45) is 17.7 Å². The van der Waals surface area contributed by atoms with Crippen LogP contribution in [0.15, 0.2) is 22.7 Å². The number of rotatable bonds is 4. The quantitative estimate of drug-likeness (QED) is 0.638. The molecule has 0 bridgehead atoms. The van der Waals surface area contributed by atoms with Crippen LogP contribution in [0.1, 0.15) is 50.6 Å². The number of hydrogen-bond acceptors (Lipinski definition) is 2. The molecule has 0 aromatic heterocycles. The lowest BCUT2D eigenvalue weighted by atomic mass is 9.75. The Labute approximate surface area is 123 Å². The van der Waals surface area contributed by atoms with Crippen LogP contribution >= 0.6 is 15.9 Å². The van der Waals surface area contributed by atoms with E-state index in [0.29, 0.717) is 11.5 Å². The van der Waals surface area contributed by atoms with E-state index in [2.05, 4.69) is 28.3 Å². The van der Waals surface area contributed by atoms with Gasteiger partial charge in [-0.3, -0.25) is 11.3 Å². The summed E-state index contributed by atoms with van der Waals surface area (Å²) >= 11 is 3.45. The van der Waals surface area contributed by atoms with E-state index in [0.717, 1.165) is 23.2 Å². The van der Waals surface area contributed by atoms with Crippen LogP contribution in [-0.2, 0) is 0 Å². The van der Waals surface area contributed by atoms with Crippen LogP contribution in [0.4, 0.5) is 4.39 Å². The standard InChI is InChI=1S/C15H22BrFN2/c1-2-10-5-3-6-11(9-10)15(19-18)14-12(16)7-4-8-13(14)17/h4,7-8,10-11,15,19H,2-3,5-6,9,18H2,1H3. The minimum Gasteiger partial charge on any atom is -0.271 e. The van der Waals surface area contributed by atoms with E-state index in [1.54, 1.807) is 6.07 Å². The van der Waals surface area contributed by atoms with Gasteiger partial charge >= 0.3 is 0 Å². The molecule has 1 aliphatic carbocycles. The van der Waals surface area contributed by atoms with Crippen molar-refractivity contribution >= 4 is 15.9 Å². The Morgan fingerprint density at radius 1 is 1.47 bits per heavy atom. The van der Waals surface area contributed by atoms with Gasteiger partial charge in [-0.2, -0.15) is 0 Å². The zero-order valence-corrected chi connectivity index (χ0v) is 12.9. The molecule has 2 rings (SSSR count). The molecule has 1 aromatic rings. The Morgan fingerprint density at radius 3 is 2.89 bits per heavy atom. The van der Waals surface area contributed by atoms with Gasteiger partial charge in [-0.05, 0) is 36.8 Å². The molecule has 1 aromatic carbocycles. The lowest BCUT2D eigenvalue weighted by Gasteiger charge is -2.34. The lowest BCUT2D eigenvalue weighted by molar-refractivity contribution is 0.207. The first kappa shape index (κ1) is 14.9. The predicted octanol–water partition coefficient (Wildman–Crippen LogP) is 4.31. The Bertz CT molecular complexity index is 404. The van der Waals surface area contributed by atoms with Crippen LogP contribution in [0, 0.1) is 17.7 Å². The van der Waals surface area contributed by atoms with Crippen LogP contribution in [0.5, 0.6) is 0 Å². The molecule has 0 saturated heterocycles. The molecule has 106 valence electrons. The normalized spacial score (nSPS) is 25.3. The largest absolute Gasteiger partial charge is 0.271 e. The van der Waals surface area contributed by atoms with Gasteiger partial charge in [0.2, 0.25) is 0 Å².